The molecular formula is C30H30F2N4O4. The van der Waals surface area contributed by atoms with Gasteiger partial charge < -0.3 is 29.0 Å². The number of aromatic nitrogens is 2. The van der Waals surface area contributed by atoms with Gasteiger partial charge >= 0.3 is 0 Å². The largest absolute Gasteiger partial charge is 0.497 e. The van der Waals surface area contributed by atoms with Crippen LogP contribution >= 0.6 is 0 Å². The Bertz CT molecular complexity index is 1440. The number of nitrogens with one attached hydrogen (secondary N) is 1. The highest BCUT2D eigenvalue weighted by Crippen LogP contribution is 2.36. The predicted octanol–water partition coefficient (Wildman–Crippen LogP) is 5.02. The van der Waals surface area contributed by atoms with Crippen molar-refractivity contribution in [3.63, 3.8) is 0 Å². The molecule has 4 aromatic rings. The van der Waals surface area contributed by atoms with Crippen molar-refractivity contribution in [2.75, 3.05) is 26.2 Å². The number of hydrogen-bond acceptors (Lipinski definition) is 6. The summed E-state index contributed by atoms with van der Waals surface area (Å²) in [5.41, 5.74) is 2.74. The van der Waals surface area contributed by atoms with Crippen molar-refractivity contribution in [1.29, 1.82) is 0 Å². The molecular weight excluding hydrogens is 518 g/mol. The van der Waals surface area contributed by atoms with Gasteiger partial charge in [0.2, 0.25) is 0 Å². The second-order valence-electron chi connectivity index (χ2n) is 9.42. The first-order valence-electron chi connectivity index (χ1n) is 12.8. The number of anilines is 1. The van der Waals surface area contributed by atoms with Crippen LogP contribution in [0.4, 0.5) is 14.5 Å². The molecule has 1 atom stereocenters. The van der Waals surface area contributed by atoms with Crippen LogP contribution in [-0.2, 0) is 31.0 Å². The third-order valence-corrected chi connectivity index (χ3v) is 7.01. The van der Waals surface area contributed by atoms with Gasteiger partial charge in [0.25, 0.3) is 5.91 Å². The molecule has 3 aromatic carbocycles. The Morgan fingerprint density at radius 3 is 2.15 bits per heavy atom. The fraction of sp³-hybridized carbons (Fsp3) is 0.267. The van der Waals surface area contributed by atoms with Crippen LogP contribution in [0.3, 0.4) is 0 Å². The maximum absolute atomic E-state index is 16.3. The fourth-order valence-corrected chi connectivity index (χ4v) is 4.84. The standard InChI is InChI=1S/C30H30F2N4O4/c1-33-30(37)29-25-17-40-26(16-36(25)18-34-29)27-23(31)12-13-24(28(27)32)35(14-19-4-8-21(38-2)9-5-19)15-20-6-10-22(39-3)11-7-20/h4-13,18,26H,14-17H2,1-3H3,(H,33,37). The molecule has 0 fully saturated rings. The number of ether oxygens (including phenoxy) is 3. The highest BCUT2D eigenvalue weighted by atomic mass is 19.1. The van der Waals surface area contributed by atoms with E-state index in [0.29, 0.717) is 30.3 Å². The molecule has 8 nitrogen and oxygen atoms in total. The topological polar surface area (TPSA) is 77.9 Å². The van der Waals surface area contributed by atoms with Crippen LogP contribution in [-0.4, -0.2) is 36.7 Å². The monoisotopic (exact) mass is 548 g/mol. The summed E-state index contributed by atoms with van der Waals surface area (Å²) in [5.74, 6) is -0.303. The summed E-state index contributed by atoms with van der Waals surface area (Å²) in [7, 11) is 4.71. The van der Waals surface area contributed by atoms with Gasteiger partial charge in [0.15, 0.2) is 11.5 Å². The molecule has 1 aliphatic heterocycles. The summed E-state index contributed by atoms with van der Waals surface area (Å²) in [6.07, 6.45) is 0.595. The van der Waals surface area contributed by atoms with Gasteiger partial charge in [-0.25, -0.2) is 13.8 Å². The third-order valence-electron chi connectivity index (χ3n) is 7.01. The van der Waals surface area contributed by atoms with Crippen LogP contribution in [0.15, 0.2) is 67.0 Å². The van der Waals surface area contributed by atoms with Gasteiger partial charge in [-0.05, 0) is 47.5 Å². The number of carbonyl (C=O) groups is 1. The van der Waals surface area contributed by atoms with E-state index >= 15 is 8.78 Å². The summed E-state index contributed by atoms with van der Waals surface area (Å²) in [6.45, 7) is 0.848. The molecule has 0 saturated heterocycles. The number of methoxy groups -OCH3 is 2. The van der Waals surface area contributed by atoms with Crippen LogP contribution in [0.25, 0.3) is 0 Å². The average molecular weight is 549 g/mol. The lowest BCUT2D eigenvalue weighted by atomic mass is 10.0. The molecule has 208 valence electrons. The van der Waals surface area contributed by atoms with E-state index in [-0.39, 0.29) is 36.0 Å². The normalized spacial score (nSPS) is 14.4. The zero-order valence-corrected chi connectivity index (χ0v) is 22.5. The summed E-state index contributed by atoms with van der Waals surface area (Å²) < 4.78 is 49.6. The Morgan fingerprint density at radius 1 is 1.00 bits per heavy atom. The van der Waals surface area contributed by atoms with Crippen LogP contribution in [0.5, 0.6) is 11.5 Å². The van der Waals surface area contributed by atoms with Gasteiger partial charge in [-0.3, -0.25) is 4.79 Å². The van der Waals surface area contributed by atoms with Crippen molar-refractivity contribution >= 4 is 11.6 Å². The molecule has 40 heavy (non-hydrogen) atoms. The SMILES string of the molecule is CNC(=O)c1ncn2c1COC(c1c(F)ccc(N(Cc3ccc(OC)cc3)Cc3ccc(OC)cc3)c1F)C2. The van der Waals surface area contributed by atoms with Crippen molar-refractivity contribution in [2.24, 2.45) is 0 Å². The minimum atomic E-state index is -0.900. The van der Waals surface area contributed by atoms with E-state index in [2.05, 4.69) is 10.3 Å². The molecule has 1 unspecified atom stereocenters. The van der Waals surface area contributed by atoms with E-state index in [9.17, 15) is 4.79 Å². The average Bonchev–Trinajstić information content (AvgIpc) is 3.41. The molecule has 5 rings (SSSR count). The van der Waals surface area contributed by atoms with E-state index in [4.69, 9.17) is 14.2 Å². The summed E-state index contributed by atoms with van der Waals surface area (Å²) in [4.78, 5) is 18.1. The van der Waals surface area contributed by atoms with E-state index in [1.165, 1.54) is 25.5 Å². The van der Waals surface area contributed by atoms with Crippen molar-refractivity contribution < 1.29 is 27.8 Å². The number of amides is 1. The summed E-state index contributed by atoms with van der Waals surface area (Å²) in [6, 6.07) is 17.8. The molecule has 1 N–H and O–H groups in total. The van der Waals surface area contributed by atoms with Gasteiger partial charge in [-0.2, -0.15) is 0 Å². The lowest BCUT2D eigenvalue weighted by molar-refractivity contribution is -0.00155. The van der Waals surface area contributed by atoms with Crippen molar-refractivity contribution in [3.05, 3.63) is 107 Å². The first-order valence-corrected chi connectivity index (χ1v) is 12.8. The zero-order valence-electron chi connectivity index (χ0n) is 22.5. The molecule has 10 heteroatoms. The van der Waals surface area contributed by atoms with Crippen molar-refractivity contribution in [1.82, 2.24) is 14.9 Å². The zero-order chi connectivity index (χ0) is 28.2. The molecule has 2 heterocycles. The van der Waals surface area contributed by atoms with Gasteiger partial charge in [0, 0.05) is 20.1 Å². The molecule has 0 radical (unpaired) electrons. The molecule has 0 aliphatic carbocycles. The summed E-state index contributed by atoms with van der Waals surface area (Å²) >= 11 is 0. The number of nitrogens with zero attached hydrogens (tertiary/aromatic N) is 3. The molecule has 1 aromatic heterocycles. The molecule has 1 amide bonds. The Balaban J connectivity index is 1.48. The quantitative estimate of drug-likeness (QED) is 0.317. The second kappa shape index (κ2) is 11.7. The first kappa shape index (κ1) is 27.1. The van der Waals surface area contributed by atoms with E-state index < -0.39 is 17.7 Å². The number of halogens is 2. The highest BCUT2D eigenvalue weighted by molar-refractivity contribution is 5.93. The number of rotatable bonds is 9. The Labute approximate surface area is 231 Å². The lowest BCUT2D eigenvalue weighted by Crippen LogP contribution is -2.27. The Hall–Kier alpha value is -4.44. The van der Waals surface area contributed by atoms with Gasteiger partial charge in [-0.15, -0.1) is 0 Å². The van der Waals surface area contributed by atoms with Crippen LogP contribution < -0.4 is 19.7 Å². The maximum Gasteiger partial charge on any atom is 0.271 e. The van der Waals surface area contributed by atoms with Crippen LogP contribution in [0.2, 0.25) is 0 Å². The first-order chi connectivity index (χ1) is 19.4. The number of fused-ring (bicyclic) bond motifs is 1. The molecule has 0 bridgehead atoms. The van der Waals surface area contributed by atoms with E-state index in [0.717, 1.165) is 11.1 Å². The smallest absolute Gasteiger partial charge is 0.271 e. The van der Waals surface area contributed by atoms with Crippen LogP contribution in [0.1, 0.15) is 39.0 Å². The molecule has 0 spiro atoms. The number of benzene rings is 3. The van der Waals surface area contributed by atoms with E-state index in [1.807, 2.05) is 53.4 Å². The maximum atomic E-state index is 16.3. The Kier molecular flexibility index (Phi) is 7.97. The number of hydrogen-bond donors (Lipinski definition) is 1. The highest BCUT2D eigenvalue weighted by Gasteiger charge is 2.31. The second-order valence-corrected chi connectivity index (χ2v) is 9.42. The minimum Gasteiger partial charge on any atom is -0.497 e. The number of imidazole rings is 1. The van der Waals surface area contributed by atoms with Crippen molar-refractivity contribution in [3.8, 4) is 11.5 Å². The predicted molar refractivity (Wildman–Crippen MR) is 145 cm³/mol. The van der Waals surface area contributed by atoms with Crippen LogP contribution in [0, 0.1) is 11.6 Å². The van der Waals surface area contributed by atoms with Gasteiger partial charge in [0.1, 0.15) is 23.4 Å². The minimum absolute atomic E-state index is 0.00205. The number of carbonyl (C=O) groups excluding carboxylic acids is 1. The van der Waals surface area contributed by atoms with Gasteiger partial charge in [-0.1, -0.05) is 24.3 Å². The molecule has 1 aliphatic rings. The van der Waals surface area contributed by atoms with E-state index in [1.54, 1.807) is 18.8 Å². The Morgan fingerprint density at radius 2 is 1.60 bits per heavy atom. The van der Waals surface area contributed by atoms with Crippen molar-refractivity contribution in [2.45, 2.75) is 32.3 Å². The molecule has 0 saturated carbocycles. The lowest BCUT2D eigenvalue weighted by Gasteiger charge is -2.30. The summed E-state index contributed by atoms with van der Waals surface area (Å²) in [5, 5.41) is 2.54. The van der Waals surface area contributed by atoms with Gasteiger partial charge in [0.05, 0.1) is 50.6 Å². The fourth-order valence-electron chi connectivity index (χ4n) is 4.84. The third kappa shape index (κ3) is 5.48.